The second kappa shape index (κ2) is 6.95. The molecular formula is C16H21NO2S. The van der Waals surface area contributed by atoms with Gasteiger partial charge in [-0.25, -0.2) is 0 Å². The number of aliphatic hydroxyl groups is 1. The molecule has 1 aliphatic rings. The molecule has 0 unspecified atom stereocenters. The molecule has 2 N–H and O–H groups in total. The van der Waals surface area contributed by atoms with Gasteiger partial charge < -0.3 is 10.4 Å². The van der Waals surface area contributed by atoms with Crippen molar-refractivity contribution in [3.05, 3.63) is 42.0 Å². The van der Waals surface area contributed by atoms with E-state index in [0.717, 1.165) is 24.2 Å². The molecule has 3 nitrogen and oxygen atoms in total. The van der Waals surface area contributed by atoms with Crippen LogP contribution in [0.4, 0.5) is 0 Å². The summed E-state index contributed by atoms with van der Waals surface area (Å²) in [5.41, 5.74) is 0.265. The molecule has 4 heteroatoms. The number of carbonyl (C=O) groups excluding carboxylic acids is 1. The van der Waals surface area contributed by atoms with Gasteiger partial charge >= 0.3 is 0 Å². The lowest BCUT2D eigenvalue weighted by atomic mass is 9.79. The third-order valence-corrected chi connectivity index (χ3v) is 5.01. The van der Waals surface area contributed by atoms with Crippen LogP contribution in [0.3, 0.4) is 0 Å². The Morgan fingerprint density at radius 2 is 2.25 bits per heavy atom. The second-order valence-electron chi connectivity index (χ2n) is 5.05. The fourth-order valence-corrected chi connectivity index (χ4v) is 3.47. The maximum Gasteiger partial charge on any atom is 0.244 e. The zero-order valence-corrected chi connectivity index (χ0v) is 12.5. The second-order valence-corrected chi connectivity index (χ2v) is 6.53. The Morgan fingerprint density at radius 1 is 1.50 bits per heavy atom. The van der Waals surface area contributed by atoms with Crippen molar-refractivity contribution in [2.24, 2.45) is 0 Å². The van der Waals surface area contributed by atoms with E-state index < -0.39 is 5.60 Å². The largest absolute Gasteiger partial charge is 0.387 e. The van der Waals surface area contributed by atoms with Crippen LogP contribution in [0.15, 0.2) is 36.4 Å². The molecule has 0 radical (unpaired) electrons. The van der Waals surface area contributed by atoms with Crippen molar-refractivity contribution >= 4 is 23.7 Å². The molecule has 2 atom stereocenters. The molecule has 1 amide bonds. The van der Waals surface area contributed by atoms with Crippen molar-refractivity contribution in [2.45, 2.75) is 30.6 Å². The molecule has 0 heterocycles. The van der Waals surface area contributed by atoms with Crippen molar-refractivity contribution < 1.29 is 9.90 Å². The molecule has 108 valence electrons. The lowest BCUT2D eigenvalue weighted by Gasteiger charge is -2.44. The van der Waals surface area contributed by atoms with Gasteiger partial charge in [-0.1, -0.05) is 37.3 Å². The minimum Gasteiger partial charge on any atom is -0.387 e. The number of thioether (sulfide) groups is 1. The lowest BCUT2D eigenvalue weighted by molar-refractivity contribution is -0.118. The molecule has 0 saturated heterocycles. The van der Waals surface area contributed by atoms with E-state index in [2.05, 4.69) is 12.2 Å². The first kappa shape index (κ1) is 15.1. The molecule has 1 aliphatic carbocycles. The highest BCUT2D eigenvalue weighted by atomic mass is 32.2. The molecule has 0 aliphatic heterocycles. The Kier molecular flexibility index (Phi) is 5.26. The summed E-state index contributed by atoms with van der Waals surface area (Å²) < 4.78 is 0. The average molecular weight is 291 g/mol. The Balaban J connectivity index is 1.79. The number of carbonyl (C=O) groups is 1. The minimum absolute atomic E-state index is 0.158. The van der Waals surface area contributed by atoms with Crippen molar-refractivity contribution in [1.29, 1.82) is 0 Å². The summed E-state index contributed by atoms with van der Waals surface area (Å²) in [4.78, 5) is 11.8. The summed E-state index contributed by atoms with van der Waals surface area (Å²) in [6.45, 7) is 2.42. The molecule has 20 heavy (non-hydrogen) atoms. The topological polar surface area (TPSA) is 49.3 Å². The first-order valence-corrected chi connectivity index (χ1v) is 8.04. The van der Waals surface area contributed by atoms with Crippen LogP contribution in [0.2, 0.25) is 0 Å². The number of hydrogen-bond acceptors (Lipinski definition) is 3. The molecule has 1 fully saturated rings. The predicted octanol–water partition coefficient (Wildman–Crippen LogP) is 2.46. The molecular weight excluding hydrogens is 270 g/mol. The highest BCUT2D eigenvalue weighted by Gasteiger charge is 2.45. The maximum atomic E-state index is 11.8. The van der Waals surface area contributed by atoms with Crippen LogP contribution in [0.1, 0.15) is 25.3 Å². The zero-order chi connectivity index (χ0) is 14.4. The molecule has 0 spiro atoms. The summed E-state index contributed by atoms with van der Waals surface area (Å²) in [5, 5.41) is 13.4. The summed E-state index contributed by atoms with van der Waals surface area (Å²) in [6.07, 6.45) is 5.09. The Labute approximate surface area is 124 Å². The van der Waals surface area contributed by atoms with Crippen molar-refractivity contribution in [3.8, 4) is 0 Å². The van der Waals surface area contributed by atoms with Crippen LogP contribution in [0, 0.1) is 0 Å². The SMILES string of the molecule is CCS[C@H]1CC[C@@]1(O)CNC(=O)/C=C/c1ccccc1. The van der Waals surface area contributed by atoms with Crippen molar-refractivity contribution in [3.63, 3.8) is 0 Å². The third kappa shape index (κ3) is 3.87. The average Bonchev–Trinajstić information content (AvgIpc) is 2.48. The van der Waals surface area contributed by atoms with Crippen LogP contribution in [0.25, 0.3) is 6.08 Å². The maximum absolute atomic E-state index is 11.8. The summed E-state index contributed by atoms with van der Waals surface area (Å²) >= 11 is 1.77. The fraction of sp³-hybridized carbons (Fsp3) is 0.438. The molecule has 1 aromatic carbocycles. The van der Waals surface area contributed by atoms with Crippen LogP contribution in [-0.4, -0.2) is 34.2 Å². The molecule has 1 saturated carbocycles. The van der Waals surface area contributed by atoms with Crippen LogP contribution in [0.5, 0.6) is 0 Å². The van der Waals surface area contributed by atoms with Gasteiger partial charge in [0.15, 0.2) is 0 Å². The van der Waals surface area contributed by atoms with E-state index in [4.69, 9.17) is 0 Å². The Bertz CT molecular complexity index is 475. The first-order chi connectivity index (χ1) is 9.64. The molecule has 1 aromatic rings. The van der Waals surface area contributed by atoms with E-state index in [-0.39, 0.29) is 11.2 Å². The molecule has 0 aromatic heterocycles. The summed E-state index contributed by atoms with van der Waals surface area (Å²) in [7, 11) is 0. The predicted molar refractivity (Wildman–Crippen MR) is 84.6 cm³/mol. The number of amides is 1. The summed E-state index contributed by atoms with van der Waals surface area (Å²) in [6, 6.07) is 9.69. The van der Waals surface area contributed by atoms with E-state index in [1.165, 1.54) is 6.08 Å². The number of rotatable bonds is 6. The monoisotopic (exact) mass is 291 g/mol. The van der Waals surface area contributed by atoms with Crippen LogP contribution >= 0.6 is 11.8 Å². The highest BCUT2D eigenvalue weighted by Crippen LogP contribution is 2.40. The van der Waals surface area contributed by atoms with Gasteiger partial charge in [0.1, 0.15) is 0 Å². The number of hydrogen-bond donors (Lipinski definition) is 2. The van der Waals surface area contributed by atoms with Crippen molar-refractivity contribution in [2.75, 3.05) is 12.3 Å². The Morgan fingerprint density at radius 3 is 2.85 bits per heavy atom. The minimum atomic E-state index is -0.725. The van der Waals surface area contributed by atoms with E-state index in [0.29, 0.717) is 6.54 Å². The van der Waals surface area contributed by atoms with Gasteiger partial charge in [-0.15, -0.1) is 0 Å². The smallest absolute Gasteiger partial charge is 0.244 e. The van der Waals surface area contributed by atoms with Crippen LogP contribution < -0.4 is 5.32 Å². The van der Waals surface area contributed by atoms with Gasteiger partial charge in [-0.05, 0) is 30.2 Å². The van der Waals surface area contributed by atoms with Gasteiger partial charge in [-0.2, -0.15) is 11.8 Å². The third-order valence-electron chi connectivity index (χ3n) is 3.60. The van der Waals surface area contributed by atoms with Crippen LogP contribution in [-0.2, 0) is 4.79 Å². The Hall–Kier alpha value is -1.26. The molecule has 0 bridgehead atoms. The van der Waals surface area contributed by atoms with E-state index in [9.17, 15) is 9.90 Å². The van der Waals surface area contributed by atoms with Gasteiger partial charge in [-0.3, -0.25) is 4.79 Å². The normalized spacial score (nSPS) is 25.4. The van der Waals surface area contributed by atoms with Gasteiger partial charge in [0.2, 0.25) is 5.91 Å². The quantitative estimate of drug-likeness (QED) is 0.792. The van der Waals surface area contributed by atoms with E-state index in [1.807, 2.05) is 30.3 Å². The van der Waals surface area contributed by atoms with Gasteiger partial charge in [0, 0.05) is 17.9 Å². The highest BCUT2D eigenvalue weighted by molar-refractivity contribution is 8.00. The van der Waals surface area contributed by atoms with Gasteiger partial charge in [0.05, 0.1) is 5.60 Å². The zero-order valence-electron chi connectivity index (χ0n) is 11.7. The van der Waals surface area contributed by atoms with Crippen molar-refractivity contribution in [1.82, 2.24) is 5.32 Å². The fourth-order valence-electron chi connectivity index (χ4n) is 2.27. The molecule has 2 rings (SSSR count). The van der Waals surface area contributed by atoms with E-state index in [1.54, 1.807) is 17.8 Å². The lowest BCUT2D eigenvalue weighted by Crippen LogP contribution is -2.56. The van der Waals surface area contributed by atoms with E-state index >= 15 is 0 Å². The van der Waals surface area contributed by atoms with Gasteiger partial charge in [0.25, 0.3) is 0 Å². The number of benzene rings is 1. The summed E-state index contributed by atoms with van der Waals surface area (Å²) in [5.74, 6) is 0.837. The standard InChI is InChI=1S/C16H21NO2S/c1-2-20-14-10-11-16(14,19)12-17-15(18)9-8-13-6-4-3-5-7-13/h3-9,14,19H,2,10-12H2,1H3,(H,17,18)/b9-8+/t14-,16+/m0/s1. The number of nitrogens with one attached hydrogen (secondary N) is 1. The first-order valence-electron chi connectivity index (χ1n) is 6.99.